The number of aryl methyl sites for hydroxylation is 1. The fourth-order valence-electron chi connectivity index (χ4n) is 3.84. The van der Waals surface area contributed by atoms with Crippen molar-refractivity contribution < 1.29 is 19.1 Å². The highest BCUT2D eigenvalue weighted by molar-refractivity contribution is 5.94. The van der Waals surface area contributed by atoms with Crippen molar-refractivity contribution in [3.63, 3.8) is 0 Å². The standard InChI is InChI=1S/C25H30FN3O3/c1-15(2)12-21(17-4-6-18(7-5-17)25(32)27-11-10-24(30)31)28-23-13-16(3)20-9-8-19(26)14-22(20)29-23/h4-9,13,15,19,21H,10-12,14H2,1-3H3,(H,27,32)(H,28,29)(H,30,31). The van der Waals surface area contributed by atoms with E-state index in [-0.39, 0.29) is 31.3 Å². The number of hydrogen-bond donors (Lipinski definition) is 3. The number of amides is 1. The Kier molecular flexibility index (Phi) is 7.62. The van der Waals surface area contributed by atoms with Crippen molar-refractivity contribution in [1.29, 1.82) is 0 Å². The summed E-state index contributed by atoms with van der Waals surface area (Å²) in [4.78, 5) is 27.5. The molecule has 1 heterocycles. The van der Waals surface area contributed by atoms with Gasteiger partial charge < -0.3 is 15.7 Å². The van der Waals surface area contributed by atoms with Crippen LogP contribution in [0.2, 0.25) is 0 Å². The van der Waals surface area contributed by atoms with Gasteiger partial charge in [0.1, 0.15) is 12.0 Å². The van der Waals surface area contributed by atoms with E-state index in [4.69, 9.17) is 5.11 Å². The van der Waals surface area contributed by atoms with E-state index in [1.165, 1.54) is 0 Å². The molecular formula is C25H30FN3O3. The maximum atomic E-state index is 13.8. The van der Waals surface area contributed by atoms with Gasteiger partial charge in [0, 0.05) is 18.5 Å². The van der Waals surface area contributed by atoms with Crippen LogP contribution in [-0.2, 0) is 11.2 Å². The summed E-state index contributed by atoms with van der Waals surface area (Å²) in [5, 5.41) is 14.8. The predicted molar refractivity (Wildman–Crippen MR) is 123 cm³/mol. The monoisotopic (exact) mass is 439 g/mol. The fraction of sp³-hybridized carbons (Fsp3) is 0.400. The molecule has 6 nitrogen and oxygen atoms in total. The van der Waals surface area contributed by atoms with Gasteiger partial charge in [-0.2, -0.15) is 0 Å². The van der Waals surface area contributed by atoms with Crippen molar-refractivity contribution in [3.05, 3.63) is 64.4 Å². The van der Waals surface area contributed by atoms with Gasteiger partial charge in [0.25, 0.3) is 5.91 Å². The van der Waals surface area contributed by atoms with Crippen LogP contribution in [0.5, 0.6) is 0 Å². The summed E-state index contributed by atoms with van der Waals surface area (Å²) >= 11 is 0. The molecule has 0 saturated carbocycles. The van der Waals surface area contributed by atoms with E-state index in [2.05, 4.69) is 29.5 Å². The number of carboxylic acids is 1. The average Bonchev–Trinajstić information content (AvgIpc) is 2.72. The van der Waals surface area contributed by atoms with Crippen LogP contribution in [0.4, 0.5) is 10.2 Å². The van der Waals surface area contributed by atoms with Gasteiger partial charge >= 0.3 is 5.97 Å². The predicted octanol–water partition coefficient (Wildman–Crippen LogP) is 4.70. The fourth-order valence-corrected chi connectivity index (χ4v) is 3.84. The van der Waals surface area contributed by atoms with Gasteiger partial charge in [-0.15, -0.1) is 0 Å². The highest BCUT2D eigenvalue weighted by Gasteiger charge is 2.19. The Bertz CT molecular complexity index is 1000. The molecule has 1 aliphatic rings. The minimum atomic E-state index is -1.01. The second kappa shape index (κ2) is 10.4. The summed E-state index contributed by atoms with van der Waals surface area (Å²) < 4.78 is 13.8. The maximum Gasteiger partial charge on any atom is 0.305 e. The molecule has 1 aliphatic carbocycles. The van der Waals surface area contributed by atoms with Gasteiger partial charge in [-0.1, -0.05) is 32.1 Å². The van der Waals surface area contributed by atoms with E-state index in [1.54, 1.807) is 24.3 Å². The van der Waals surface area contributed by atoms with Crippen LogP contribution in [0.3, 0.4) is 0 Å². The molecule has 2 aromatic rings. The molecule has 1 aromatic heterocycles. The number of aromatic nitrogens is 1. The number of fused-ring (bicyclic) bond motifs is 1. The third kappa shape index (κ3) is 6.15. The number of carboxylic acid groups (broad SMARTS) is 1. The van der Waals surface area contributed by atoms with E-state index >= 15 is 0 Å². The number of pyridine rings is 1. The lowest BCUT2D eigenvalue weighted by molar-refractivity contribution is -0.136. The number of carbonyl (C=O) groups excluding carboxylic acids is 1. The normalized spacial score (nSPS) is 15.8. The third-order valence-corrected chi connectivity index (χ3v) is 5.43. The topological polar surface area (TPSA) is 91.3 Å². The van der Waals surface area contributed by atoms with Crippen molar-refractivity contribution in [2.24, 2.45) is 5.92 Å². The molecule has 0 bridgehead atoms. The number of alkyl halides is 1. The Morgan fingerprint density at radius 3 is 2.62 bits per heavy atom. The molecule has 32 heavy (non-hydrogen) atoms. The molecule has 0 spiro atoms. The van der Waals surface area contributed by atoms with Crippen molar-refractivity contribution in [1.82, 2.24) is 10.3 Å². The molecule has 2 unspecified atom stereocenters. The van der Waals surface area contributed by atoms with Gasteiger partial charge in [-0.05, 0) is 60.2 Å². The van der Waals surface area contributed by atoms with E-state index in [0.717, 1.165) is 28.8 Å². The summed E-state index contributed by atoms with van der Waals surface area (Å²) in [5.41, 5.74) is 4.30. The summed E-state index contributed by atoms with van der Waals surface area (Å²) in [6.45, 7) is 6.38. The van der Waals surface area contributed by atoms with Crippen LogP contribution >= 0.6 is 0 Å². The number of anilines is 1. The number of aliphatic carboxylic acids is 1. The van der Waals surface area contributed by atoms with Crippen LogP contribution in [-0.4, -0.2) is 34.7 Å². The number of nitrogens with one attached hydrogen (secondary N) is 2. The number of halogens is 1. The van der Waals surface area contributed by atoms with E-state index in [9.17, 15) is 14.0 Å². The molecule has 1 amide bonds. The first-order valence-corrected chi connectivity index (χ1v) is 10.9. The SMILES string of the molecule is Cc1cc(NC(CC(C)C)c2ccc(C(=O)NCCC(=O)O)cc2)nc2c1C=CC(F)C2. The number of nitrogens with zero attached hydrogens (tertiary/aromatic N) is 1. The molecule has 3 rings (SSSR count). The Hall–Kier alpha value is -3.22. The zero-order valence-electron chi connectivity index (χ0n) is 18.7. The Balaban J connectivity index is 1.76. The van der Waals surface area contributed by atoms with Crippen molar-refractivity contribution in [3.8, 4) is 0 Å². The number of carbonyl (C=O) groups is 2. The maximum absolute atomic E-state index is 13.8. The van der Waals surface area contributed by atoms with Gasteiger partial charge in [-0.25, -0.2) is 9.37 Å². The third-order valence-electron chi connectivity index (χ3n) is 5.43. The molecule has 0 aliphatic heterocycles. The highest BCUT2D eigenvalue weighted by Crippen LogP contribution is 2.29. The van der Waals surface area contributed by atoms with Gasteiger partial charge in [0.2, 0.25) is 0 Å². The zero-order valence-corrected chi connectivity index (χ0v) is 18.7. The van der Waals surface area contributed by atoms with Crippen molar-refractivity contribution in [2.45, 2.75) is 52.2 Å². The van der Waals surface area contributed by atoms with Crippen molar-refractivity contribution >= 4 is 23.8 Å². The molecule has 0 saturated heterocycles. The summed E-state index contributed by atoms with van der Waals surface area (Å²) in [5.74, 6) is -0.118. The molecule has 3 N–H and O–H groups in total. The highest BCUT2D eigenvalue weighted by atomic mass is 19.1. The molecule has 0 radical (unpaired) electrons. The number of benzene rings is 1. The molecule has 7 heteroatoms. The summed E-state index contributed by atoms with van der Waals surface area (Å²) in [6.07, 6.45) is 3.39. The lowest BCUT2D eigenvalue weighted by atomic mass is 9.95. The largest absolute Gasteiger partial charge is 0.481 e. The summed E-state index contributed by atoms with van der Waals surface area (Å²) in [6, 6.07) is 9.24. The molecule has 1 aromatic carbocycles. The van der Waals surface area contributed by atoms with Crippen molar-refractivity contribution in [2.75, 3.05) is 11.9 Å². The van der Waals surface area contributed by atoms with Gasteiger partial charge in [0.05, 0.1) is 18.2 Å². The Morgan fingerprint density at radius 1 is 1.25 bits per heavy atom. The first-order valence-electron chi connectivity index (χ1n) is 10.9. The quantitative estimate of drug-likeness (QED) is 0.527. The number of hydrogen-bond acceptors (Lipinski definition) is 4. The lowest BCUT2D eigenvalue weighted by Crippen LogP contribution is -2.26. The van der Waals surface area contributed by atoms with E-state index in [1.807, 2.05) is 25.1 Å². The van der Waals surface area contributed by atoms with Crippen LogP contribution < -0.4 is 10.6 Å². The van der Waals surface area contributed by atoms with E-state index in [0.29, 0.717) is 17.3 Å². The van der Waals surface area contributed by atoms with E-state index < -0.39 is 12.1 Å². The first-order chi connectivity index (χ1) is 15.2. The number of rotatable bonds is 9. The van der Waals surface area contributed by atoms with Crippen LogP contribution in [0.15, 0.2) is 36.4 Å². The average molecular weight is 440 g/mol. The van der Waals surface area contributed by atoms with Crippen LogP contribution in [0, 0.1) is 12.8 Å². The van der Waals surface area contributed by atoms with Crippen LogP contribution in [0.25, 0.3) is 6.08 Å². The van der Waals surface area contributed by atoms with Gasteiger partial charge in [0.15, 0.2) is 0 Å². The smallest absolute Gasteiger partial charge is 0.305 e. The molecular weight excluding hydrogens is 409 g/mol. The lowest BCUT2D eigenvalue weighted by Gasteiger charge is -2.24. The second-order valence-electron chi connectivity index (χ2n) is 8.61. The molecule has 2 atom stereocenters. The van der Waals surface area contributed by atoms with Gasteiger partial charge in [-0.3, -0.25) is 9.59 Å². The molecule has 0 fully saturated rings. The van der Waals surface area contributed by atoms with Crippen LogP contribution in [0.1, 0.15) is 65.5 Å². The Labute approximate surface area is 188 Å². The molecule has 170 valence electrons. The second-order valence-corrected chi connectivity index (χ2v) is 8.61. The minimum Gasteiger partial charge on any atom is -0.481 e. The first kappa shape index (κ1) is 23.4. The number of allylic oxidation sites excluding steroid dienone is 1. The summed E-state index contributed by atoms with van der Waals surface area (Å²) in [7, 11) is 0. The zero-order chi connectivity index (χ0) is 23.3. The Morgan fingerprint density at radius 2 is 1.97 bits per heavy atom. The minimum absolute atomic E-state index is 0.0237.